The molecule has 0 aromatic heterocycles. The molecule has 4 nitrogen and oxygen atoms in total. The lowest BCUT2D eigenvalue weighted by atomic mass is 9.74. The minimum absolute atomic E-state index is 0.0322. The monoisotopic (exact) mass is 329 g/mol. The van der Waals surface area contributed by atoms with Gasteiger partial charge in [0.05, 0.1) is 5.92 Å². The zero-order valence-electron chi connectivity index (χ0n) is 14.8. The summed E-state index contributed by atoms with van der Waals surface area (Å²) in [5.41, 5.74) is 7.36. The summed E-state index contributed by atoms with van der Waals surface area (Å²) in [5.74, 6) is 0.126. The van der Waals surface area contributed by atoms with E-state index in [-0.39, 0.29) is 17.4 Å². The van der Waals surface area contributed by atoms with Crippen LogP contribution in [0.5, 0.6) is 0 Å². The van der Waals surface area contributed by atoms with Gasteiger partial charge < -0.3 is 11.1 Å². The molecule has 0 bridgehead atoms. The molecule has 1 aromatic rings. The molecule has 2 fully saturated rings. The number of carbonyl (C=O) groups excluding carboxylic acids is 1. The number of likely N-dealkylation sites (tertiary alicyclic amines) is 1. The van der Waals surface area contributed by atoms with Crippen molar-refractivity contribution in [3.63, 3.8) is 0 Å². The summed E-state index contributed by atoms with van der Waals surface area (Å²) in [6, 6.07) is 11.0. The molecule has 0 radical (unpaired) electrons. The molecule has 3 unspecified atom stereocenters. The first-order valence-electron chi connectivity index (χ1n) is 9.41. The lowest BCUT2D eigenvalue weighted by molar-refractivity contribution is -0.128. The largest absolute Gasteiger partial charge is 0.354 e. The predicted molar refractivity (Wildman–Crippen MR) is 97.4 cm³/mol. The Balaban J connectivity index is 1.52. The number of nitrogens with two attached hydrogens (primary N) is 1. The molecule has 1 saturated heterocycles. The molecule has 1 heterocycles. The van der Waals surface area contributed by atoms with Gasteiger partial charge in [-0.1, -0.05) is 43.2 Å². The first-order chi connectivity index (χ1) is 11.6. The molecule has 1 aliphatic carbocycles. The molecule has 3 rings (SSSR count). The van der Waals surface area contributed by atoms with Crippen molar-refractivity contribution in [2.45, 2.75) is 63.6 Å². The van der Waals surface area contributed by atoms with Gasteiger partial charge >= 0.3 is 0 Å². The van der Waals surface area contributed by atoms with E-state index in [9.17, 15) is 4.79 Å². The maximum absolute atomic E-state index is 12.6. The first kappa shape index (κ1) is 17.4. The van der Waals surface area contributed by atoms with Crippen molar-refractivity contribution in [1.82, 2.24) is 10.2 Å². The molecule has 1 aliphatic heterocycles. The second-order valence-corrected chi connectivity index (χ2v) is 7.80. The Hall–Kier alpha value is -1.39. The second kappa shape index (κ2) is 7.66. The molecule has 0 spiro atoms. The molecular weight excluding hydrogens is 298 g/mol. The summed E-state index contributed by atoms with van der Waals surface area (Å²) in [5, 5.41) is 3.21. The van der Waals surface area contributed by atoms with Gasteiger partial charge in [-0.15, -0.1) is 0 Å². The van der Waals surface area contributed by atoms with Gasteiger partial charge in [0.25, 0.3) is 0 Å². The fourth-order valence-corrected chi connectivity index (χ4v) is 4.28. The van der Waals surface area contributed by atoms with E-state index in [0.29, 0.717) is 6.04 Å². The Morgan fingerprint density at radius 3 is 2.79 bits per heavy atom. The highest BCUT2D eigenvalue weighted by molar-refractivity contribution is 5.80. The van der Waals surface area contributed by atoms with Crippen LogP contribution >= 0.6 is 0 Å². The van der Waals surface area contributed by atoms with Crippen molar-refractivity contribution >= 4 is 5.91 Å². The van der Waals surface area contributed by atoms with Crippen LogP contribution in [0.25, 0.3) is 0 Å². The third-order valence-corrected chi connectivity index (χ3v) is 5.81. The van der Waals surface area contributed by atoms with E-state index < -0.39 is 0 Å². The quantitative estimate of drug-likeness (QED) is 0.873. The fraction of sp³-hybridized carbons (Fsp3) is 0.650. The Kier molecular flexibility index (Phi) is 5.57. The fourth-order valence-electron chi connectivity index (χ4n) is 4.28. The lowest BCUT2D eigenvalue weighted by Crippen LogP contribution is -2.54. The van der Waals surface area contributed by atoms with E-state index in [1.807, 2.05) is 6.92 Å². The van der Waals surface area contributed by atoms with Crippen LogP contribution in [0.2, 0.25) is 0 Å². The van der Waals surface area contributed by atoms with Crippen LogP contribution in [-0.4, -0.2) is 35.5 Å². The Labute approximate surface area is 145 Å². The van der Waals surface area contributed by atoms with Crippen molar-refractivity contribution in [2.24, 2.45) is 11.7 Å². The van der Waals surface area contributed by atoms with E-state index in [1.165, 1.54) is 12.0 Å². The number of hydrogen-bond acceptors (Lipinski definition) is 3. The van der Waals surface area contributed by atoms with Crippen LogP contribution in [0.1, 0.15) is 51.0 Å². The van der Waals surface area contributed by atoms with Crippen molar-refractivity contribution in [1.29, 1.82) is 0 Å². The molecule has 132 valence electrons. The Morgan fingerprint density at radius 2 is 2.04 bits per heavy atom. The molecule has 24 heavy (non-hydrogen) atoms. The van der Waals surface area contributed by atoms with Crippen LogP contribution in [0.4, 0.5) is 0 Å². The SMILES string of the molecule is CC1(N)CCCCC1C(=O)NCC1CCCN1Cc1ccccc1. The molecule has 1 amide bonds. The summed E-state index contributed by atoms with van der Waals surface area (Å²) in [4.78, 5) is 15.1. The van der Waals surface area contributed by atoms with Crippen LogP contribution in [0.3, 0.4) is 0 Å². The van der Waals surface area contributed by atoms with Crippen LogP contribution < -0.4 is 11.1 Å². The van der Waals surface area contributed by atoms with Crippen molar-refractivity contribution in [2.75, 3.05) is 13.1 Å². The maximum Gasteiger partial charge on any atom is 0.225 e. The number of benzene rings is 1. The number of hydrogen-bond donors (Lipinski definition) is 2. The highest BCUT2D eigenvalue weighted by atomic mass is 16.1. The van der Waals surface area contributed by atoms with E-state index in [1.54, 1.807) is 0 Å². The average molecular weight is 329 g/mol. The van der Waals surface area contributed by atoms with Gasteiger partial charge in [-0.25, -0.2) is 0 Å². The van der Waals surface area contributed by atoms with Crippen LogP contribution in [-0.2, 0) is 11.3 Å². The zero-order chi connectivity index (χ0) is 17.0. The molecule has 1 saturated carbocycles. The highest BCUT2D eigenvalue weighted by Crippen LogP contribution is 2.31. The van der Waals surface area contributed by atoms with Gasteiger partial charge in [-0.05, 0) is 44.7 Å². The smallest absolute Gasteiger partial charge is 0.225 e. The Bertz CT molecular complexity index is 543. The van der Waals surface area contributed by atoms with Crippen molar-refractivity contribution in [3.8, 4) is 0 Å². The van der Waals surface area contributed by atoms with E-state index in [0.717, 1.165) is 51.7 Å². The van der Waals surface area contributed by atoms with Crippen LogP contribution in [0.15, 0.2) is 30.3 Å². The Morgan fingerprint density at radius 1 is 1.25 bits per heavy atom. The van der Waals surface area contributed by atoms with Gasteiger partial charge in [0, 0.05) is 24.7 Å². The summed E-state index contributed by atoms with van der Waals surface area (Å²) in [6.45, 7) is 4.87. The van der Waals surface area contributed by atoms with Gasteiger partial charge in [0.2, 0.25) is 5.91 Å². The number of nitrogens with one attached hydrogen (secondary N) is 1. The zero-order valence-corrected chi connectivity index (χ0v) is 14.8. The molecule has 2 aliphatic rings. The summed E-state index contributed by atoms with van der Waals surface area (Å²) < 4.78 is 0. The normalized spacial score (nSPS) is 31.1. The maximum atomic E-state index is 12.6. The van der Waals surface area contributed by atoms with Gasteiger partial charge in [-0.2, -0.15) is 0 Å². The number of carbonyl (C=O) groups is 1. The number of rotatable bonds is 5. The average Bonchev–Trinajstić information content (AvgIpc) is 3.00. The molecule has 4 heteroatoms. The van der Waals surface area contributed by atoms with E-state index >= 15 is 0 Å². The summed E-state index contributed by atoms with van der Waals surface area (Å²) in [7, 11) is 0. The highest BCUT2D eigenvalue weighted by Gasteiger charge is 2.38. The number of amides is 1. The van der Waals surface area contributed by atoms with Gasteiger partial charge in [0.1, 0.15) is 0 Å². The van der Waals surface area contributed by atoms with Gasteiger partial charge in [0.15, 0.2) is 0 Å². The number of nitrogens with zero attached hydrogens (tertiary/aromatic N) is 1. The van der Waals surface area contributed by atoms with E-state index in [2.05, 4.69) is 40.5 Å². The molecule has 1 aromatic carbocycles. The van der Waals surface area contributed by atoms with Gasteiger partial charge in [-0.3, -0.25) is 9.69 Å². The predicted octanol–water partition coefficient (Wildman–Crippen LogP) is 2.67. The first-order valence-corrected chi connectivity index (χ1v) is 9.41. The molecule has 3 N–H and O–H groups in total. The second-order valence-electron chi connectivity index (χ2n) is 7.80. The molecule has 3 atom stereocenters. The minimum atomic E-state index is -0.346. The third-order valence-electron chi connectivity index (χ3n) is 5.81. The summed E-state index contributed by atoms with van der Waals surface area (Å²) >= 11 is 0. The third kappa shape index (κ3) is 4.17. The standard InChI is InChI=1S/C20H31N3O/c1-20(21)12-6-5-11-18(20)19(24)22-14-17-10-7-13-23(17)15-16-8-3-2-4-9-16/h2-4,8-9,17-18H,5-7,10-15,21H2,1H3,(H,22,24). The lowest BCUT2D eigenvalue weighted by Gasteiger charge is -2.37. The molecular formula is C20H31N3O. The summed E-state index contributed by atoms with van der Waals surface area (Å²) in [6.07, 6.45) is 6.52. The van der Waals surface area contributed by atoms with Crippen molar-refractivity contribution in [3.05, 3.63) is 35.9 Å². The van der Waals surface area contributed by atoms with E-state index in [4.69, 9.17) is 5.73 Å². The van der Waals surface area contributed by atoms with Crippen LogP contribution in [0, 0.1) is 5.92 Å². The topological polar surface area (TPSA) is 58.4 Å². The minimum Gasteiger partial charge on any atom is -0.354 e. The van der Waals surface area contributed by atoms with Crippen molar-refractivity contribution < 1.29 is 4.79 Å².